The predicted octanol–water partition coefficient (Wildman–Crippen LogP) is 2.17. The molecule has 2 nitrogen and oxygen atoms in total. The second-order valence-electron chi connectivity index (χ2n) is 5.20. The maximum atomic E-state index is 11.1. The van der Waals surface area contributed by atoms with Crippen LogP contribution in [0.15, 0.2) is 0 Å². The summed E-state index contributed by atoms with van der Waals surface area (Å²) in [5, 5.41) is 0. The van der Waals surface area contributed by atoms with Crippen molar-refractivity contribution in [2.45, 2.75) is 44.6 Å². The molecule has 14 heavy (non-hydrogen) atoms. The van der Waals surface area contributed by atoms with E-state index >= 15 is 0 Å². The molecule has 3 unspecified atom stereocenters. The van der Waals surface area contributed by atoms with Crippen LogP contribution in [0.3, 0.4) is 0 Å². The Morgan fingerprint density at radius 1 is 1.21 bits per heavy atom. The van der Waals surface area contributed by atoms with Gasteiger partial charge in [-0.1, -0.05) is 12.8 Å². The second-order valence-corrected chi connectivity index (χ2v) is 5.20. The third kappa shape index (κ3) is 0.928. The van der Waals surface area contributed by atoms with E-state index in [2.05, 4.69) is 0 Å². The number of aldehydes is 1. The predicted molar refractivity (Wildman–Crippen MR) is 52.9 cm³/mol. The van der Waals surface area contributed by atoms with E-state index in [4.69, 9.17) is 4.74 Å². The highest BCUT2D eigenvalue weighted by Gasteiger charge is 2.63. The Labute approximate surface area is 85.0 Å². The molecule has 3 aliphatic rings. The Bertz CT molecular complexity index is 243. The first-order valence-corrected chi connectivity index (χ1v) is 5.95. The first-order valence-electron chi connectivity index (χ1n) is 5.95. The maximum Gasteiger partial charge on any atom is 0.124 e. The van der Waals surface area contributed by atoms with Crippen LogP contribution >= 0.6 is 0 Å². The zero-order chi connectivity index (χ0) is 9.60. The molecule has 2 saturated carbocycles. The van der Waals surface area contributed by atoms with Crippen molar-refractivity contribution in [3.8, 4) is 0 Å². The van der Waals surface area contributed by atoms with Crippen LogP contribution in [0.1, 0.15) is 38.5 Å². The van der Waals surface area contributed by atoms with Gasteiger partial charge in [0.1, 0.15) is 6.29 Å². The van der Waals surface area contributed by atoms with Crippen molar-refractivity contribution in [3.63, 3.8) is 0 Å². The van der Waals surface area contributed by atoms with Gasteiger partial charge >= 0.3 is 0 Å². The summed E-state index contributed by atoms with van der Waals surface area (Å²) in [6.07, 6.45) is 9.11. The van der Waals surface area contributed by atoms with Gasteiger partial charge in [-0.05, 0) is 31.6 Å². The summed E-state index contributed by atoms with van der Waals surface area (Å²) >= 11 is 0. The van der Waals surface area contributed by atoms with Crippen LogP contribution < -0.4 is 0 Å². The van der Waals surface area contributed by atoms with E-state index in [1.54, 1.807) is 0 Å². The van der Waals surface area contributed by atoms with Gasteiger partial charge in [-0.15, -0.1) is 0 Å². The van der Waals surface area contributed by atoms with Crippen molar-refractivity contribution >= 4 is 6.29 Å². The Hall–Kier alpha value is -0.370. The van der Waals surface area contributed by atoms with Crippen LogP contribution in [-0.4, -0.2) is 19.0 Å². The summed E-state index contributed by atoms with van der Waals surface area (Å²) in [5.41, 5.74) is 0.285. The number of carbonyl (C=O) groups excluding carboxylic acids is 1. The molecule has 2 aliphatic carbocycles. The van der Waals surface area contributed by atoms with Gasteiger partial charge in [0, 0.05) is 17.9 Å². The van der Waals surface area contributed by atoms with E-state index in [0.717, 1.165) is 13.0 Å². The fraction of sp³-hybridized carbons (Fsp3) is 0.917. The van der Waals surface area contributed by atoms with Gasteiger partial charge in [-0.25, -0.2) is 0 Å². The van der Waals surface area contributed by atoms with E-state index in [1.807, 2.05) is 0 Å². The fourth-order valence-corrected chi connectivity index (χ4v) is 4.15. The van der Waals surface area contributed by atoms with E-state index < -0.39 is 0 Å². The van der Waals surface area contributed by atoms with Gasteiger partial charge in [-0.2, -0.15) is 0 Å². The van der Waals surface area contributed by atoms with Gasteiger partial charge in [0.05, 0.1) is 6.10 Å². The molecule has 0 aromatic carbocycles. The Morgan fingerprint density at radius 2 is 2.00 bits per heavy atom. The third-order valence-electron chi connectivity index (χ3n) is 4.74. The third-order valence-corrected chi connectivity index (χ3v) is 4.74. The lowest BCUT2D eigenvalue weighted by Crippen LogP contribution is -2.62. The molecule has 0 N–H and O–H groups in total. The number of carbonyl (C=O) groups is 1. The van der Waals surface area contributed by atoms with Crippen molar-refractivity contribution in [1.29, 1.82) is 0 Å². The van der Waals surface area contributed by atoms with Crippen LogP contribution in [0.2, 0.25) is 0 Å². The molecule has 78 valence electrons. The Balaban J connectivity index is 1.85. The molecular weight excluding hydrogens is 176 g/mol. The summed E-state index contributed by atoms with van der Waals surface area (Å²) < 4.78 is 5.89. The minimum atomic E-state index is 0.285. The molecule has 0 aromatic heterocycles. The van der Waals surface area contributed by atoms with Gasteiger partial charge in [0.2, 0.25) is 0 Å². The topological polar surface area (TPSA) is 26.3 Å². The number of hydrogen-bond acceptors (Lipinski definition) is 2. The van der Waals surface area contributed by atoms with Crippen LogP contribution in [-0.2, 0) is 9.53 Å². The highest BCUT2D eigenvalue weighted by atomic mass is 16.5. The maximum absolute atomic E-state index is 11.1. The van der Waals surface area contributed by atoms with Crippen LogP contribution in [0, 0.1) is 17.3 Å². The fourth-order valence-electron chi connectivity index (χ4n) is 4.15. The zero-order valence-corrected chi connectivity index (χ0v) is 8.58. The number of rotatable bonds is 1. The lowest BCUT2D eigenvalue weighted by atomic mass is 9.49. The van der Waals surface area contributed by atoms with E-state index in [9.17, 15) is 4.79 Å². The summed E-state index contributed by atoms with van der Waals surface area (Å²) in [6, 6.07) is 0. The molecule has 0 bridgehead atoms. The van der Waals surface area contributed by atoms with Crippen molar-refractivity contribution in [1.82, 2.24) is 0 Å². The monoisotopic (exact) mass is 194 g/mol. The van der Waals surface area contributed by atoms with Gasteiger partial charge in [0.25, 0.3) is 0 Å². The first-order chi connectivity index (χ1) is 6.88. The average Bonchev–Trinajstić information content (AvgIpc) is 2.69. The number of ether oxygens (including phenoxy) is 1. The molecule has 1 aliphatic heterocycles. The van der Waals surface area contributed by atoms with Gasteiger partial charge < -0.3 is 9.53 Å². The largest absolute Gasteiger partial charge is 0.377 e. The molecule has 1 saturated heterocycles. The van der Waals surface area contributed by atoms with E-state index in [0.29, 0.717) is 17.9 Å². The van der Waals surface area contributed by atoms with Gasteiger partial charge in [-0.3, -0.25) is 0 Å². The highest BCUT2D eigenvalue weighted by molar-refractivity contribution is 5.59. The molecule has 0 aromatic rings. The lowest BCUT2D eigenvalue weighted by Gasteiger charge is -2.59. The quantitative estimate of drug-likeness (QED) is 0.598. The SMILES string of the molecule is O=CC1C2CCCOC2C12CCCC2. The molecule has 2 heteroatoms. The van der Waals surface area contributed by atoms with Crippen LogP contribution in [0.25, 0.3) is 0 Å². The van der Waals surface area contributed by atoms with E-state index in [1.165, 1.54) is 38.4 Å². The standard InChI is InChI=1S/C12H18O2/c13-8-10-9-4-3-7-14-11(9)12(10)5-1-2-6-12/h8-11H,1-7H2. The second kappa shape index (κ2) is 3.06. The Kier molecular flexibility index (Phi) is 1.94. The smallest absolute Gasteiger partial charge is 0.124 e. The van der Waals surface area contributed by atoms with Crippen molar-refractivity contribution in [3.05, 3.63) is 0 Å². The van der Waals surface area contributed by atoms with Crippen LogP contribution in [0.4, 0.5) is 0 Å². The molecule has 3 atom stereocenters. The van der Waals surface area contributed by atoms with Crippen molar-refractivity contribution < 1.29 is 9.53 Å². The molecule has 0 radical (unpaired) electrons. The molecular formula is C12H18O2. The van der Waals surface area contributed by atoms with Crippen molar-refractivity contribution in [2.24, 2.45) is 17.3 Å². The number of hydrogen-bond donors (Lipinski definition) is 0. The molecule has 0 amide bonds. The average molecular weight is 194 g/mol. The molecule has 3 rings (SSSR count). The van der Waals surface area contributed by atoms with Gasteiger partial charge in [0.15, 0.2) is 0 Å². The molecule has 1 heterocycles. The highest BCUT2D eigenvalue weighted by Crippen LogP contribution is 2.62. The summed E-state index contributed by atoms with van der Waals surface area (Å²) in [5.74, 6) is 0.898. The first kappa shape index (κ1) is 8.90. The minimum Gasteiger partial charge on any atom is -0.377 e. The number of fused-ring (bicyclic) bond motifs is 2. The lowest BCUT2D eigenvalue weighted by molar-refractivity contribution is -0.219. The molecule has 3 fully saturated rings. The Morgan fingerprint density at radius 3 is 2.71 bits per heavy atom. The normalized spacial score (nSPS) is 44.4. The summed E-state index contributed by atoms with van der Waals surface area (Å²) in [7, 11) is 0. The summed E-state index contributed by atoms with van der Waals surface area (Å²) in [4.78, 5) is 11.1. The molecule has 1 spiro atoms. The van der Waals surface area contributed by atoms with E-state index in [-0.39, 0.29) is 5.41 Å². The minimum absolute atomic E-state index is 0.285. The van der Waals surface area contributed by atoms with Crippen molar-refractivity contribution in [2.75, 3.05) is 6.61 Å². The summed E-state index contributed by atoms with van der Waals surface area (Å²) in [6.45, 7) is 0.925. The van der Waals surface area contributed by atoms with Crippen LogP contribution in [0.5, 0.6) is 0 Å². The zero-order valence-electron chi connectivity index (χ0n) is 8.58.